The minimum atomic E-state index is -0.911. The maximum atomic E-state index is 13.5. The van der Waals surface area contributed by atoms with E-state index < -0.39 is 11.8 Å². The Hall–Kier alpha value is -2.87. The van der Waals surface area contributed by atoms with Gasteiger partial charge < -0.3 is 10.4 Å². The lowest BCUT2D eigenvalue weighted by atomic mass is 10.0. The van der Waals surface area contributed by atoms with Crippen LogP contribution in [0.25, 0.3) is 0 Å². The van der Waals surface area contributed by atoms with E-state index in [1.165, 1.54) is 12.1 Å². The van der Waals surface area contributed by atoms with Crippen molar-refractivity contribution < 1.29 is 14.3 Å². The summed E-state index contributed by atoms with van der Waals surface area (Å²) in [5, 5.41) is 20.8. The maximum absolute atomic E-state index is 13.5. The molecular formula is C16H13FN2O2. The van der Waals surface area contributed by atoms with E-state index in [0.717, 1.165) is 5.56 Å². The highest BCUT2D eigenvalue weighted by Gasteiger charge is 2.09. The Labute approximate surface area is 121 Å². The fourth-order valence-corrected chi connectivity index (χ4v) is 2.04. The smallest absolute Gasteiger partial charge is 0.307 e. The molecule has 0 atom stereocenters. The number of carbonyl (C=O) groups is 1. The third-order valence-corrected chi connectivity index (χ3v) is 3.05. The molecule has 5 heteroatoms. The number of aliphatic carboxylic acids is 1. The van der Waals surface area contributed by atoms with Crippen molar-refractivity contribution in [3.05, 3.63) is 65.0 Å². The molecule has 0 bridgehead atoms. The molecule has 4 nitrogen and oxygen atoms in total. The minimum absolute atomic E-state index is 0.0479. The van der Waals surface area contributed by atoms with Gasteiger partial charge in [-0.3, -0.25) is 4.79 Å². The van der Waals surface area contributed by atoms with Gasteiger partial charge >= 0.3 is 5.97 Å². The molecular weight excluding hydrogens is 271 g/mol. The van der Waals surface area contributed by atoms with Crippen LogP contribution < -0.4 is 5.32 Å². The number of nitrogens with one attached hydrogen (secondary N) is 1. The molecule has 0 spiro atoms. The van der Waals surface area contributed by atoms with Crippen molar-refractivity contribution in [3.63, 3.8) is 0 Å². The Morgan fingerprint density at radius 3 is 2.57 bits per heavy atom. The van der Waals surface area contributed by atoms with Crippen molar-refractivity contribution in [2.75, 3.05) is 5.32 Å². The summed E-state index contributed by atoms with van der Waals surface area (Å²) in [5.74, 6) is -1.49. The molecule has 21 heavy (non-hydrogen) atoms. The van der Waals surface area contributed by atoms with Gasteiger partial charge in [0, 0.05) is 6.54 Å². The lowest BCUT2D eigenvalue weighted by Gasteiger charge is -2.11. The monoisotopic (exact) mass is 284 g/mol. The van der Waals surface area contributed by atoms with Crippen LogP contribution in [0.2, 0.25) is 0 Å². The summed E-state index contributed by atoms with van der Waals surface area (Å²) in [6.07, 6.45) is -0.0773. The largest absolute Gasteiger partial charge is 0.481 e. The van der Waals surface area contributed by atoms with Crippen molar-refractivity contribution in [2.24, 2.45) is 0 Å². The third-order valence-electron chi connectivity index (χ3n) is 3.05. The molecule has 0 aliphatic carbocycles. The molecule has 2 rings (SSSR count). The van der Waals surface area contributed by atoms with Gasteiger partial charge in [0.05, 0.1) is 12.1 Å². The molecule has 0 aromatic heterocycles. The summed E-state index contributed by atoms with van der Waals surface area (Å²) < 4.78 is 13.5. The predicted molar refractivity (Wildman–Crippen MR) is 76.2 cm³/mol. The summed E-state index contributed by atoms with van der Waals surface area (Å²) in [6, 6.07) is 13.3. The second-order valence-electron chi connectivity index (χ2n) is 4.47. The molecule has 0 amide bonds. The lowest BCUT2D eigenvalue weighted by Crippen LogP contribution is -2.08. The van der Waals surface area contributed by atoms with E-state index >= 15 is 0 Å². The number of benzene rings is 2. The first-order chi connectivity index (χ1) is 10.1. The Kier molecular flexibility index (Phi) is 4.52. The molecule has 0 radical (unpaired) electrons. The zero-order chi connectivity index (χ0) is 15.2. The Morgan fingerprint density at radius 1 is 1.19 bits per heavy atom. The quantitative estimate of drug-likeness (QED) is 0.885. The second-order valence-corrected chi connectivity index (χ2v) is 4.47. The van der Waals surface area contributed by atoms with Gasteiger partial charge in [-0.1, -0.05) is 30.3 Å². The van der Waals surface area contributed by atoms with Crippen LogP contribution in [0.5, 0.6) is 0 Å². The van der Waals surface area contributed by atoms with E-state index in [9.17, 15) is 9.18 Å². The van der Waals surface area contributed by atoms with Gasteiger partial charge in [-0.25, -0.2) is 4.39 Å². The number of hydrogen-bond donors (Lipinski definition) is 2. The normalized spacial score (nSPS) is 9.90. The number of nitriles is 1. The predicted octanol–water partition coefficient (Wildman–Crippen LogP) is 2.94. The highest BCUT2D eigenvalue weighted by atomic mass is 19.1. The van der Waals surface area contributed by atoms with E-state index in [0.29, 0.717) is 17.8 Å². The second kappa shape index (κ2) is 6.53. The van der Waals surface area contributed by atoms with E-state index in [2.05, 4.69) is 5.32 Å². The number of anilines is 1. The highest BCUT2D eigenvalue weighted by molar-refractivity contribution is 5.70. The Balaban J connectivity index is 2.20. The molecule has 106 valence electrons. The summed E-state index contributed by atoms with van der Waals surface area (Å²) >= 11 is 0. The molecule has 0 unspecified atom stereocenters. The van der Waals surface area contributed by atoms with Crippen LogP contribution in [0.1, 0.15) is 16.7 Å². The first kappa shape index (κ1) is 14.5. The summed E-state index contributed by atoms with van der Waals surface area (Å²) in [4.78, 5) is 10.8. The van der Waals surface area contributed by atoms with Crippen molar-refractivity contribution in [2.45, 2.75) is 13.0 Å². The standard InChI is InChI=1S/C16H13FN2O2/c17-14-6-3-7-15(13(14)9-18)19-10-12-5-2-1-4-11(12)8-16(20)21/h1-7,19H,8,10H2,(H,20,21). The SMILES string of the molecule is N#Cc1c(F)cccc1NCc1ccccc1CC(=O)O. The van der Waals surface area contributed by atoms with Gasteiger partial charge in [-0.05, 0) is 23.3 Å². The van der Waals surface area contributed by atoms with E-state index in [1.807, 2.05) is 6.07 Å². The van der Waals surface area contributed by atoms with Crippen molar-refractivity contribution in [1.82, 2.24) is 0 Å². The van der Waals surface area contributed by atoms with Crippen molar-refractivity contribution >= 4 is 11.7 Å². The van der Waals surface area contributed by atoms with Gasteiger partial charge in [0.1, 0.15) is 17.4 Å². The molecule has 0 aliphatic rings. The highest BCUT2D eigenvalue weighted by Crippen LogP contribution is 2.19. The third kappa shape index (κ3) is 3.57. The fraction of sp³-hybridized carbons (Fsp3) is 0.125. The Bertz CT molecular complexity index is 708. The Morgan fingerprint density at radius 2 is 1.90 bits per heavy atom. The number of carboxylic acids is 1. The van der Waals surface area contributed by atoms with Crippen LogP contribution in [-0.4, -0.2) is 11.1 Å². The molecule has 2 aromatic rings. The number of hydrogen-bond acceptors (Lipinski definition) is 3. The van der Waals surface area contributed by atoms with E-state index in [1.54, 1.807) is 30.3 Å². The first-order valence-corrected chi connectivity index (χ1v) is 6.33. The number of carboxylic acid groups (broad SMARTS) is 1. The summed E-state index contributed by atoms with van der Waals surface area (Å²) in [5.41, 5.74) is 1.83. The molecule has 0 heterocycles. The van der Waals surface area contributed by atoms with Crippen LogP contribution in [0.4, 0.5) is 10.1 Å². The van der Waals surface area contributed by atoms with Gasteiger partial charge in [-0.15, -0.1) is 0 Å². The van der Waals surface area contributed by atoms with Gasteiger partial charge in [0.15, 0.2) is 0 Å². The average molecular weight is 284 g/mol. The zero-order valence-corrected chi connectivity index (χ0v) is 11.1. The maximum Gasteiger partial charge on any atom is 0.307 e. The average Bonchev–Trinajstić information content (AvgIpc) is 2.46. The summed E-state index contributed by atoms with van der Waals surface area (Å²) in [6.45, 7) is 0.321. The van der Waals surface area contributed by atoms with E-state index in [4.69, 9.17) is 10.4 Å². The minimum Gasteiger partial charge on any atom is -0.481 e. The lowest BCUT2D eigenvalue weighted by molar-refractivity contribution is -0.136. The molecule has 2 N–H and O–H groups in total. The number of nitrogens with zero attached hydrogens (tertiary/aromatic N) is 1. The van der Waals surface area contributed by atoms with Crippen LogP contribution in [0.15, 0.2) is 42.5 Å². The molecule has 0 saturated heterocycles. The van der Waals surface area contributed by atoms with Crippen molar-refractivity contribution in [1.29, 1.82) is 5.26 Å². The molecule has 0 fully saturated rings. The zero-order valence-electron chi connectivity index (χ0n) is 11.1. The van der Waals surface area contributed by atoms with E-state index in [-0.39, 0.29) is 12.0 Å². The summed E-state index contributed by atoms with van der Waals surface area (Å²) in [7, 11) is 0. The van der Waals surface area contributed by atoms with Gasteiger partial charge in [-0.2, -0.15) is 5.26 Å². The van der Waals surface area contributed by atoms with Gasteiger partial charge in [0.25, 0.3) is 0 Å². The number of halogens is 1. The van der Waals surface area contributed by atoms with Gasteiger partial charge in [0.2, 0.25) is 0 Å². The topological polar surface area (TPSA) is 73.1 Å². The van der Waals surface area contributed by atoms with Crippen LogP contribution in [-0.2, 0) is 17.8 Å². The number of rotatable bonds is 5. The first-order valence-electron chi connectivity index (χ1n) is 6.33. The van der Waals surface area contributed by atoms with Crippen LogP contribution >= 0.6 is 0 Å². The fourth-order valence-electron chi connectivity index (χ4n) is 2.04. The van der Waals surface area contributed by atoms with Crippen LogP contribution in [0.3, 0.4) is 0 Å². The molecule has 2 aromatic carbocycles. The van der Waals surface area contributed by atoms with Crippen molar-refractivity contribution in [3.8, 4) is 6.07 Å². The molecule has 0 aliphatic heterocycles. The van der Waals surface area contributed by atoms with Crippen LogP contribution in [0, 0.1) is 17.1 Å². The molecule has 0 saturated carbocycles.